The van der Waals surface area contributed by atoms with Crippen molar-refractivity contribution in [1.82, 2.24) is 0 Å². The molecule has 0 saturated heterocycles. The molecule has 2 heteroatoms. The predicted octanol–water partition coefficient (Wildman–Crippen LogP) is 4.92. The summed E-state index contributed by atoms with van der Waals surface area (Å²) in [6.07, 6.45) is 2.05. The van der Waals surface area contributed by atoms with E-state index in [1.54, 1.807) is 0 Å². The summed E-state index contributed by atoms with van der Waals surface area (Å²) in [4.78, 5) is 3.47. The maximum absolute atomic E-state index is 3.47. The topological polar surface area (TPSA) is 14.1 Å². The SMILES string of the molecule is Cc1cc[nH+]c2c3cccc4sc5cccc(c12)c5c43. The van der Waals surface area contributed by atoms with Gasteiger partial charge in [-0.1, -0.05) is 18.2 Å². The van der Waals surface area contributed by atoms with Crippen LogP contribution in [0.5, 0.6) is 0 Å². The largest absolute Gasteiger partial charge is 0.219 e. The predicted molar refractivity (Wildman–Crippen MR) is 86.8 cm³/mol. The lowest BCUT2D eigenvalue weighted by Gasteiger charge is -2.06. The Morgan fingerprint density at radius 2 is 1.50 bits per heavy atom. The Morgan fingerprint density at radius 3 is 2.30 bits per heavy atom. The molecule has 5 aromatic rings. The second-order valence-corrected chi connectivity index (χ2v) is 6.45. The average Bonchev–Trinajstić information content (AvgIpc) is 2.85. The molecule has 5 rings (SSSR count). The summed E-state index contributed by atoms with van der Waals surface area (Å²) >= 11 is 1.89. The van der Waals surface area contributed by atoms with Crippen LogP contribution < -0.4 is 4.98 Å². The van der Waals surface area contributed by atoms with Crippen molar-refractivity contribution in [2.75, 3.05) is 0 Å². The summed E-state index contributed by atoms with van der Waals surface area (Å²) in [5.74, 6) is 0. The van der Waals surface area contributed by atoms with Crippen LogP contribution in [0.1, 0.15) is 5.56 Å². The third kappa shape index (κ3) is 1.11. The maximum Gasteiger partial charge on any atom is 0.219 e. The Morgan fingerprint density at radius 1 is 0.800 bits per heavy atom. The Labute approximate surface area is 119 Å². The smallest absolute Gasteiger partial charge is 0.211 e. The minimum absolute atomic E-state index is 1.26. The van der Waals surface area contributed by atoms with Gasteiger partial charge in [-0.3, -0.25) is 0 Å². The van der Waals surface area contributed by atoms with Gasteiger partial charge in [0.05, 0.1) is 10.8 Å². The summed E-state index contributed by atoms with van der Waals surface area (Å²) in [5.41, 5.74) is 2.59. The third-order valence-electron chi connectivity index (χ3n) is 4.27. The lowest BCUT2D eigenvalue weighted by atomic mass is 9.95. The first-order chi connectivity index (χ1) is 9.84. The van der Waals surface area contributed by atoms with E-state index in [4.69, 9.17) is 0 Å². The zero-order valence-electron chi connectivity index (χ0n) is 11.0. The van der Waals surface area contributed by atoms with Crippen LogP contribution in [-0.2, 0) is 0 Å². The molecule has 2 aromatic heterocycles. The van der Waals surface area contributed by atoms with E-state index >= 15 is 0 Å². The van der Waals surface area contributed by atoms with Gasteiger partial charge in [0.1, 0.15) is 0 Å². The number of benzene rings is 3. The van der Waals surface area contributed by atoms with Crippen molar-refractivity contribution in [2.45, 2.75) is 6.92 Å². The van der Waals surface area contributed by atoms with Crippen molar-refractivity contribution in [2.24, 2.45) is 0 Å². The number of aromatic nitrogens is 1. The molecule has 1 N–H and O–H groups in total. The van der Waals surface area contributed by atoms with Gasteiger partial charge in [0.15, 0.2) is 6.20 Å². The Kier molecular flexibility index (Phi) is 1.83. The molecule has 0 aliphatic carbocycles. The molecule has 0 aliphatic rings. The van der Waals surface area contributed by atoms with Gasteiger partial charge in [0.25, 0.3) is 0 Å². The molecule has 0 unspecified atom stereocenters. The minimum atomic E-state index is 1.26. The molecule has 0 fully saturated rings. The number of aryl methyl sites for hydroxylation is 1. The summed E-state index contributed by atoms with van der Waals surface area (Å²) in [6, 6.07) is 15.5. The highest BCUT2D eigenvalue weighted by Gasteiger charge is 2.19. The Hall–Kier alpha value is -2.19. The molecular weight excluding hydrogens is 262 g/mol. The zero-order valence-corrected chi connectivity index (χ0v) is 11.8. The number of H-pyrrole nitrogens is 1. The summed E-state index contributed by atoms with van der Waals surface area (Å²) in [5, 5.41) is 6.91. The summed E-state index contributed by atoms with van der Waals surface area (Å²) in [7, 11) is 0. The first-order valence-corrected chi connectivity index (χ1v) is 7.62. The second kappa shape index (κ2) is 3.47. The van der Waals surface area contributed by atoms with E-state index in [2.05, 4.69) is 54.4 Å². The number of nitrogens with one attached hydrogen (secondary N) is 1. The van der Waals surface area contributed by atoms with Gasteiger partial charge in [-0.15, -0.1) is 11.3 Å². The number of aromatic amines is 1. The fraction of sp³-hybridized carbons (Fsp3) is 0.0556. The molecule has 0 amide bonds. The fourth-order valence-electron chi connectivity index (χ4n) is 3.45. The van der Waals surface area contributed by atoms with Crippen LogP contribution in [-0.4, -0.2) is 0 Å². The van der Waals surface area contributed by atoms with Crippen molar-refractivity contribution >= 4 is 53.2 Å². The Bertz CT molecular complexity index is 1100. The lowest BCUT2D eigenvalue weighted by Crippen LogP contribution is -2.04. The highest BCUT2D eigenvalue weighted by Crippen LogP contribution is 2.44. The maximum atomic E-state index is 3.47. The molecule has 0 radical (unpaired) electrons. The molecule has 1 nitrogen and oxygen atoms in total. The lowest BCUT2D eigenvalue weighted by molar-refractivity contribution is -0.343. The van der Waals surface area contributed by atoms with Crippen LogP contribution in [0.4, 0.5) is 0 Å². The molecule has 3 aromatic carbocycles. The van der Waals surface area contributed by atoms with E-state index in [0.717, 1.165) is 0 Å². The highest BCUT2D eigenvalue weighted by molar-refractivity contribution is 7.26. The van der Waals surface area contributed by atoms with Crippen LogP contribution in [0.25, 0.3) is 41.8 Å². The van der Waals surface area contributed by atoms with Crippen molar-refractivity contribution in [3.8, 4) is 0 Å². The summed E-state index contributed by atoms with van der Waals surface area (Å²) in [6.45, 7) is 2.20. The van der Waals surface area contributed by atoms with Crippen LogP contribution in [0.2, 0.25) is 0 Å². The second-order valence-electron chi connectivity index (χ2n) is 5.37. The Balaban J connectivity index is 2.34. The molecule has 0 atom stereocenters. The average molecular weight is 274 g/mol. The monoisotopic (exact) mass is 274 g/mol. The van der Waals surface area contributed by atoms with Crippen molar-refractivity contribution in [3.05, 3.63) is 54.2 Å². The van der Waals surface area contributed by atoms with Gasteiger partial charge in [-0.25, -0.2) is 4.98 Å². The van der Waals surface area contributed by atoms with Gasteiger partial charge in [0.2, 0.25) is 5.52 Å². The van der Waals surface area contributed by atoms with Crippen LogP contribution in [0.3, 0.4) is 0 Å². The van der Waals surface area contributed by atoms with Crippen LogP contribution >= 0.6 is 11.3 Å². The molecule has 2 heterocycles. The zero-order chi connectivity index (χ0) is 13.3. The van der Waals surface area contributed by atoms with E-state index in [0.29, 0.717) is 0 Å². The third-order valence-corrected chi connectivity index (χ3v) is 5.39. The van der Waals surface area contributed by atoms with Crippen molar-refractivity contribution in [1.29, 1.82) is 0 Å². The number of thiophene rings is 1. The van der Waals surface area contributed by atoms with E-state index in [1.165, 1.54) is 47.4 Å². The highest BCUT2D eigenvalue weighted by atomic mass is 32.1. The number of pyridine rings is 1. The molecule has 0 bridgehead atoms. The minimum Gasteiger partial charge on any atom is -0.211 e. The van der Waals surface area contributed by atoms with Gasteiger partial charge in [-0.2, -0.15) is 0 Å². The molecule has 0 spiro atoms. The fourth-order valence-corrected chi connectivity index (χ4v) is 4.60. The van der Waals surface area contributed by atoms with Crippen molar-refractivity contribution in [3.63, 3.8) is 0 Å². The molecule has 0 saturated carbocycles. The molecule has 0 aliphatic heterocycles. The summed E-state index contributed by atoms with van der Waals surface area (Å²) < 4.78 is 2.77. The molecular formula is C18H12NS+. The standard InChI is InChI=1S/C18H11NS/c1-10-8-9-19-18-12-5-3-7-14-17(12)16-11(15(10)18)4-2-6-13(16)20-14/h2-9H,1H3/p+1. The van der Waals surface area contributed by atoms with E-state index in [-0.39, 0.29) is 0 Å². The molecule has 94 valence electrons. The quantitative estimate of drug-likeness (QED) is 0.356. The number of rotatable bonds is 0. The van der Waals surface area contributed by atoms with E-state index in [1.807, 2.05) is 17.5 Å². The van der Waals surface area contributed by atoms with Crippen molar-refractivity contribution < 1.29 is 4.98 Å². The van der Waals surface area contributed by atoms with Gasteiger partial charge in [-0.05, 0) is 36.1 Å². The van der Waals surface area contributed by atoms with Gasteiger partial charge in [0, 0.05) is 26.2 Å². The number of hydrogen-bond acceptors (Lipinski definition) is 1. The van der Waals surface area contributed by atoms with Gasteiger partial charge < -0.3 is 0 Å². The van der Waals surface area contributed by atoms with E-state index in [9.17, 15) is 0 Å². The van der Waals surface area contributed by atoms with E-state index < -0.39 is 0 Å². The normalized spacial score (nSPS) is 12.2. The first-order valence-electron chi connectivity index (χ1n) is 6.81. The number of hydrogen-bond donors (Lipinski definition) is 0. The van der Waals surface area contributed by atoms with Crippen LogP contribution in [0.15, 0.2) is 48.7 Å². The van der Waals surface area contributed by atoms with Gasteiger partial charge >= 0.3 is 0 Å². The molecule has 20 heavy (non-hydrogen) atoms. The van der Waals surface area contributed by atoms with Crippen LogP contribution in [0, 0.1) is 6.92 Å². The first kappa shape index (κ1) is 10.6. The number of fused-ring (bicyclic) bond motifs is 3.